The Kier molecular flexibility index (Phi) is 9.70. The number of benzene rings is 1. The number of carbonyl (C=O) groups is 3. The van der Waals surface area contributed by atoms with Gasteiger partial charge in [0.05, 0.1) is 30.8 Å². The molecule has 3 N–H and O–H groups in total. The Bertz CT molecular complexity index is 2000. The summed E-state index contributed by atoms with van der Waals surface area (Å²) < 4.78 is 39.5. The van der Waals surface area contributed by atoms with Gasteiger partial charge in [0.1, 0.15) is 29.5 Å². The van der Waals surface area contributed by atoms with Crippen molar-refractivity contribution in [3.8, 4) is 11.6 Å². The Morgan fingerprint density at radius 1 is 1.14 bits per heavy atom. The first-order valence-corrected chi connectivity index (χ1v) is 18.8. The van der Waals surface area contributed by atoms with Crippen LogP contribution in [0.1, 0.15) is 52.0 Å². The lowest BCUT2D eigenvalue weighted by molar-refractivity contribution is -0.141. The van der Waals surface area contributed by atoms with Crippen LogP contribution in [0.3, 0.4) is 0 Å². The summed E-state index contributed by atoms with van der Waals surface area (Å²) in [5.41, 5.74) is -0.594. The minimum atomic E-state index is -3.88. The van der Waals surface area contributed by atoms with E-state index >= 15 is 0 Å². The van der Waals surface area contributed by atoms with Crippen molar-refractivity contribution < 1.29 is 32.3 Å². The zero-order valence-corrected chi connectivity index (χ0v) is 30.8. The topological polar surface area (TPSA) is 169 Å². The lowest BCUT2D eigenvalue weighted by atomic mass is 9.85. The molecule has 13 nitrogen and oxygen atoms in total. The van der Waals surface area contributed by atoms with E-state index in [-0.39, 0.29) is 31.2 Å². The summed E-state index contributed by atoms with van der Waals surface area (Å²) in [6.07, 6.45) is 6.88. The zero-order valence-electron chi connectivity index (χ0n) is 29.2. The van der Waals surface area contributed by atoms with Gasteiger partial charge in [-0.3, -0.25) is 24.1 Å². The Morgan fingerprint density at radius 3 is 2.51 bits per heavy atom. The van der Waals surface area contributed by atoms with Gasteiger partial charge < -0.3 is 25.0 Å². The molecular weight excluding hydrogens is 696 g/mol. The predicted molar refractivity (Wildman–Crippen MR) is 193 cm³/mol. The molecule has 0 bridgehead atoms. The first kappa shape index (κ1) is 36.4. The molecule has 2 aliphatic carbocycles. The van der Waals surface area contributed by atoms with E-state index in [4.69, 9.17) is 21.1 Å². The Morgan fingerprint density at radius 2 is 1.88 bits per heavy atom. The summed E-state index contributed by atoms with van der Waals surface area (Å²) in [6.45, 7) is 11.5. The summed E-state index contributed by atoms with van der Waals surface area (Å²) in [7, 11) is -2.34. The second-order valence-electron chi connectivity index (χ2n) is 14.7. The number of nitrogens with zero attached hydrogens (tertiary/aromatic N) is 3. The number of nitrogens with one attached hydrogen (secondary N) is 3. The zero-order chi connectivity index (χ0) is 36.9. The number of ether oxygens (including phenoxy) is 2. The third kappa shape index (κ3) is 7.48. The van der Waals surface area contributed by atoms with Crippen molar-refractivity contribution in [2.24, 2.45) is 11.3 Å². The molecule has 0 spiro atoms. The number of pyridine rings is 2. The number of halogens is 1. The van der Waals surface area contributed by atoms with Crippen molar-refractivity contribution in [2.45, 2.75) is 82.4 Å². The number of hydrogen-bond acceptors (Lipinski definition) is 10. The van der Waals surface area contributed by atoms with Crippen LogP contribution < -0.4 is 24.8 Å². The fourth-order valence-electron chi connectivity index (χ4n) is 6.59. The van der Waals surface area contributed by atoms with Crippen molar-refractivity contribution >= 4 is 55.8 Å². The third-order valence-corrected chi connectivity index (χ3v) is 11.7. The van der Waals surface area contributed by atoms with Gasteiger partial charge in [-0.15, -0.1) is 6.58 Å². The molecule has 3 aliphatic rings. The van der Waals surface area contributed by atoms with Crippen molar-refractivity contribution in [3.05, 3.63) is 66.1 Å². The van der Waals surface area contributed by atoms with E-state index in [1.165, 1.54) is 24.3 Å². The highest BCUT2D eigenvalue weighted by molar-refractivity contribution is 7.91. The van der Waals surface area contributed by atoms with Gasteiger partial charge in [0.25, 0.3) is 5.91 Å². The lowest BCUT2D eigenvalue weighted by Gasteiger charge is -2.36. The van der Waals surface area contributed by atoms with Crippen LogP contribution in [0.15, 0.2) is 55.5 Å². The van der Waals surface area contributed by atoms with E-state index in [9.17, 15) is 22.8 Å². The molecule has 1 aliphatic heterocycles. The average molecular weight is 739 g/mol. The number of likely N-dealkylation sites (tertiary alicyclic amines) is 1. The van der Waals surface area contributed by atoms with E-state index in [0.717, 1.165) is 5.56 Å². The van der Waals surface area contributed by atoms with E-state index in [1.54, 1.807) is 30.6 Å². The summed E-state index contributed by atoms with van der Waals surface area (Å²) in [6, 6.07) is 5.24. The van der Waals surface area contributed by atoms with Crippen LogP contribution in [0, 0.1) is 18.3 Å². The Balaban J connectivity index is 1.32. The molecular formula is C36H43ClN6O7S. The molecule has 3 aromatic rings. The van der Waals surface area contributed by atoms with Crippen LogP contribution in [0.4, 0.5) is 5.69 Å². The van der Waals surface area contributed by atoms with Crippen LogP contribution in [0.2, 0.25) is 5.02 Å². The first-order valence-electron chi connectivity index (χ1n) is 16.8. The molecule has 51 heavy (non-hydrogen) atoms. The summed E-state index contributed by atoms with van der Waals surface area (Å²) in [4.78, 5) is 52.6. The van der Waals surface area contributed by atoms with Gasteiger partial charge in [0.2, 0.25) is 27.7 Å². The molecule has 1 saturated heterocycles. The fraction of sp³-hybridized carbons (Fsp3) is 0.472. The molecule has 3 amide bonds. The maximum Gasteiger partial charge on any atom is 0.259 e. The Labute approximate surface area is 302 Å². The van der Waals surface area contributed by atoms with Crippen molar-refractivity contribution in [2.75, 3.05) is 19.0 Å². The summed E-state index contributed by atoms with van der Waals surface area (Å²) in [5.74, 6) is -1.52. The second kappa shape index (κ2) is 13.6. The number of methoxy groups -OCH3 is 1. The van der Waals surface area contributed by atoms with Crippen LogP contribution >= 0.6 is 11.6 Å². The molecule has 3 fully saturated rings. The van der Waals surface area contributed by atoms with Crippen molar-refractivity contribution in [1.29, 1.82) is 0 Å². The van der Waals surface area contributed by atoms with Gasteiger partial charge in [-0.2, -0.15) is 0 Å². The second-order valence-corrected chi connectivity index (χ2v) is 17.1. The SMILES string of the molecule is C=C[C@@H]1C[C@]1(NC(=O)[C@@H]1C[C@@H](Oc2ncc(OC)c3ccc(Cl)cc23)CN1C(=O)C(Nc1cncc(C)c1)C(C)(C)C)C(=O)NS(=O)(=O)C1CC1. The number of amides is 3. The molecule has 2 saturated carbocycles. The molecule has 1 unspecified atom stereocenters. The van der Waals surface area contributed by atoms with E-state index in [0.29, 0.717) is 40.1 Å². The van der Waals surface area contributed by atoms with Crippen LogP contribution in [-0.2, 0) is 24.4 Å². The molecule has 2 aromatic heterocycles. The summed E-state index contributed by atoms with van der Waals surface area (Å²) in [5, 5.41) is 7.30. The standard InChI is InChI=1S/C36H43ClN6O7S/c1-7-21-15-36(21,34(46)42-51(47,48)25-9-10-25)41-31(44)28-14-24(50-32-27-13-22(37)8-11-26(27)29(49-6)18-39-32)19-43(28)33(45)30(35(3,4)5)40-23-12-20(2)16-38-17-23/h7-8,11-13,16-18,21,24-25,28,30,40H,1,9-10,14-15,19H2,2-6H3,(H,41,44)(H,42,46)/t21-,24-,28+,30?,36-/m1/s1. The number of hydrogen-bond donors (Lipinski definition) is 3. The van der Waals surface area contributed by atoms with E-state index < -0.39 is 62.1 Å². The Hall–Kier alpha value is -4.43. The highest BCUT2D eigenvalue weighted by Crippen LogP contribution is 2.46. The van der Waals surface area contributed by atoms with Crippen LogP contribution in [0.25, 0.3) is 10.8 Å². The number of aryl methyl sites for hydroxylation is 1. The van der Waals surface area contributed by atoms with E-state index in [1.807, 2.05) is 33.8 Å². The highest BCUT2D eigenvalue weighted by Gasteiger charge is 2.62. The highest BCUT2D eigenvalue weighted by atomic mass is 35.5. The molecule has 6 rings (SSSR count). The molecule has 15 heteroatoms. The van der Waals surface area contributed by atoms with Gasteiger partial charge in [-0.1, -0.05) is 38.4 Å². The third-order valence-electron chi connectivity index (χ3n) is 9.67. The van der Waals surface area contributed by atoms with Crippen molar-refractivity contribution in [3.63, 3.8) is 0 Å². The maximum absolute atomic E-state index is 14.6. The number of fused-ring (bicyclic) bond motifs is 1. The molecule has 1 aromatic carbocycles. The van der Waals surface area contributed by atoms with Gasteiger partial charge in [0, 0.05) is 40.5 Å². The van der Waals surface area contributed by atoms with Gasteiger partial charge in [-0.05, 0) is 61.4 Å². The quantitative estimate of drug-likeness (QED) is 0.230. The molecule has 5 atom stereocenters. The minimum Gasteiger partial charge on any atom is -0.494 e. The van der Waals surface area contributed by atoms with Crippen LogP contribution in [0.5, 0.6) is 11.6 Å². The number of rotatable bonds is 12. The van der Waals surface area contributed by atoms with Gasteiger partial charge >= 0.3 is 0 Å². The van der Waals surface area contributed by atoms with Gasteiger partial charge in [-0.25, -0.2) is 13.4 Å². The van der Waals surface area contributed by atoms with E-state index in [2.05, 4.69) is 31.9 Å². The number of anilines is 1. The van der Waals surface area contributed by atoms with Crippen molar-refractivity contribution in [1.82, 2.24) is 24.9 Å². The number of sulfonamides is 1. The predicted octanol–water partition coefficient (Wildman–Crippen LogP) is 4.14. The maximum atomic E-state index is 14.6. The minimum absolute atomic E-state index is 0.0210. The largest absolute Gasteiger partial charge is 0.494 e. The van der Waals surface area contributed by atoms with Gasteiger partial charge in [0.15, 0.2) is 0 Å². The number of carbonyl (C=O) groups excluding carboxylic acids is 3. The van der Waals surface area contributed by atoms with Crippen LogP contribution in [-0.4, -0.2) is 83.6 Å². The molecule has 0 radical (unpaired) electrons. The lowest BCUT2D eigenvalue weighted by Crippen LogP contribution is -2.58. The smallest absolute Gasteiger partial charge is 0.259 e. The molecule has 3 heterocycles. The monoisotopic (exact) mass is 738 g/mol. The first-order chi connectivity index (χ1) is 24.1. The normalized spacial score (nSPS) is 23.6. The molecule has 272 valence electrons. The fourth-order valence-corrected chi connectivity index (χ4v) is 8.12. The summed E-state index contributed by atoms with van der Waals surface area (Å²) >= 11 is 6.34. The number of aromatic nitrogens is 2. The average Bonchev–Trinajstić information content (AvgIpc) is 4.00.